The second-order valence-electron chi connectivity index (χ2n) is 4.91. The molecule has 1 N–H and O–H groups in total. The van der Waals surface area contributed by atoms with Crippen molar-refractivity contribution >= 4 is 50.6 Å². The molecule has 0 saturated carbocycles. The van der Waals surface area contributed by atoms with Gasteiger partial charge in [-0.15, -0.1) is 0 Å². The Morgan fingerprint density at radius 3 is 2.35 bits per heavy atom. The van der Waals surface area contributed by atoms with Crippen LogP contribution in [0, 0.1) is 0 Å². The summed E-state index contributed by atoms with van der Waals surface area (Å²) in [6.45, 7) is 0. The lowest BCUT2D eigenvalue weighted by atomic mass is 10.0. The van der Waals surface area contributed by atoms with E-state index in [1.165, 1.54) is 0 Å². The van der Waals surface area contributed by atoms with Gasteiger partial charge < -0.3 is 0 Å². The van der Waals surface area contributed by atoms with Crippen LogP contribution in [0.15, 0.2) is 71.8 Å². The molecule has 3 aromatic carbocycles. The summed E-state index contributed by atoms with van der Waals surface area (Å²) in [7, 11) is 0. The van der Waals surface area contributed by atoms with Crippen molar-refractivity contribution in [1.82, 2.24) is 0 Å². The maximum Gasteiger partial charge on any atom is 0.224 e. The summed E-state index contributed by atoms with van der Waals surface area (Å²) in [5.41, 5.74) is 3.93. The zero-order chi connectivity index (χ0) is 16.2. The fourth-order valence-corrected chi connectivity index (χ4v) is 2.42. The van der Waals surface area contributed by atoms with Crippen LogP contribution < -0.4 is 5.43 Å². The second-order valence-corrected chi connectivity index (χ2v) is 5.71. The number of ketones is 1. The molecule has 3 aromatic rings. The first-order chi connectivity index (χ1) is 11.1. The van der Waals surface area contributed by atoms with E-state index < -0.39 is 0 Å². The maximum absolute atomic E-state index is 12.3. The maximum atomic E-state index is 12.3. The van der Waals surface area contributed by atoms with Crippen LogP contribution in [0.4, 0.5) is 5.69 Å². The number of anilines is 1. The Morgan fingerprint density at radius 2 is 1.61 bits per heavy atom. The average molecular weight is 343 g/mol. The van der Waals surface area contributed by atoms with Gasteiger partial charge in [-0.1, -0.05) is 59.6 Å². The van der Waals surface area contributed by atoms with Gasteiger partial charge >= 0.3 is 0 Å². The molecular formula is C18H12Cl2N2O. The number of fused-ring (bicyclic) bond motifs is 1. The van der Waals surface area contributed by atoms with Crippen molar-refractivity contribution in [3.63, 3.8) is 0 Å². The SMILES string of the molecule is O=C(/C(Cl)=N/Nc1ccc(Cl)cc1)c1ccc2ccccc2c1. The smallest absolute Gasteiger partial charge is 0.224 e. The fourth-order valence-electron chi connectivity index (χ4n) is 2.14. The number of hydrogen-bond donors (Lipinski definition) is 1. The number of nitrogens with zero attached hydrogens (tertiary/aromatic N) is 1. The van der Waals surface area contributed by atoms with Crippen molar-refractivity contribution in [2.45, 2.75) is 0 Å². The molecule has 23 heavy (non-hydrogen) atoms. The van der Waals surface area contributed by atoms with Crippen molar-refractivity contribution in [2.24, 2.45) is 5.10 Å². The molecule has 0 fully saturated rings. The Labute approximate surface area is 143 Å². The molecule has 0 unspecified atom stereocenters. The predicted octanol–water partition coefficient (Wildman–Crippen LogP) is 5.34. The lowest BCUT2D eigenvalue weighted by molar-refractivity contribution is 0.106. The lowest BCUT2D eigenvalue weighted by Gasteiger charge is -2.03. The van der Waals surface area contributed by atoms with Gasteiger partial charge in [0.25, 0.3) is 0 Å². The molecule has 0 saturated heterocycles. The third kappa shape index (κ3) is 3.70. The van der Waals surface area contributed by atoms with Crippen LogP contribution in [0.5, 0.6) is 0 Å². The van der Waals surface area contributed by atoms with Crippen LogP contribution >= 0.6 is 23.2 Å². The molecular weight excluding hydrogens is 331 g/mol. The Bertz CT molecular complexity index is 889. The number of hydrazone groups is 1. The van der Waals surface area contributed by atoms with E-state index in [9.17, 15) is 4.79 Å². The van der Waals surface area contributed by atoms with Crippen LogP contribution in [-0.4, -0.2) is 11.0 Å². The Kier molecular flexibility index (Phi) is 4.60. The van der Waals surface area contributed by atoms with Crippen LogP contribution in [0.1, 0.15) is 10.4 Å². The molecule has 114 valence electrons. The number of hydrogen-bond acceptors (Lipinski definition) is 3. The summed E-state index contributed by atoms with van der Waals surface area (Å²) in [6.07, 6.45) is 0. The molecule has 0 aliphatic rings. The lowest BCUT2D eigenvalue weighted by Crippen LogP contribution is -2.10. The molecule has 0 aliphatic heterocycles. The zero-order valence-corrected chi connectivity index (χ0v) is 13.5. The minimum Gasteiger partial charge on any atom is -0.286 e. The van der Waals surface area contributed by atoms with Gasteiger partial charge in [0.05, 0.1) is 5.69 Å². The largest absolute Gasteiger partial charge is 0.286 e. The minimum atomic E-state index is -0.334. The number of benzene rings is 3. The van der Waals surface area contributed by atoms with Gasteiger partial charge in [0.1, 0.15) is 0 Å². The summed E-state index contributed by atoms with van der Waals surface area (Å²) in [6, 6.07) is 20.2. The number of Topliss-reactive ketones (excluding diaryl/α,β-unsaturated/α-hetero) is 1. The number of carbonyl (C=O) groups excluding carboxylic acids is 1. The van der Waals surface area contributed by atoms with Crippen LogP contribution in [0.3, 0.4) is 0 Å². The molecule has 0 heterocycles. The van der Waals surface area contributed by atoms with Crippen LogP contribution in [-0.2, 0) is 0 Å². The highest BCUT2D eigenvalue weighted by atomic mass is 35.5. The van der Waals surface area contributed by atoms with Gasteiger partial charge in [-0.25, -0.2) is 0 Å². The van der Waals surface area contributed by atoms with Crippen molar-refractivity contribution < 1.29 is 4.79 Å². The Morgan fingerprint density at radius 1 is 0.913 bits per heavy atom. The van der Waals surface area contributed by atoms with Crippen molar-refractivity contribution in [3.8, 4) is 0 Å². The van der Waals surface area contributed by atoms with Gasteiger partial charge in [0.15, 0.2) is 5.17 Å². The normalized spacial score (nSPS) is 11.5. The molecule has 0 amide bonds. The first-order valence-electron chi connectivity index (χ1n) is 6.92. The monoisotopic (exact) mass is 342 g/mol. The first-order valence-corrected chi connectivity index (χ1v) is 7.67. The Balaban J connectivity index is 1.79. The van der Waals surface area contributed by atoms with Crippen molar-refractivity contribution in [2.75, 3.05) is 5.43 Å². The number of halogens is 2. The van der Waals surface area contributed by atoms with Gasteiger partial charge in [0, 0.05) is 10.6 Å². The van der Waals surface area contributed by atoms with Crippen molar-refractivity contribution in [3.05, 3.63) is 77.3 Å². The van der Waals surface area contributed by atoms with Gasteiger partial charge in [-0.05, 0) is 41.1 Å². The summed E-state index contributed by atoms with van der Waals surface area (Å²) in [5.74, 6) is -0.334. The number of rotatable bonds is 4. The summed E-state index contributed by atoms with van der Waals surface area (Å²) in [5, 5.41) is 6.46. The average Bonchev–Trinajstić information content (AvgIpc) is 2.60. The van der Waals surface area contributed by atoms with E-state index in [2.05, 4.69) is 10.5 Å². The van der Waals surface area contributed by atoms with E-state index >= 15 is 0 Å². The van der Waals surface area contributed by atoms with Gasteiger partial charge in [-0.3, -0.25) is 10.2 Å². The molecule has 0 radical (unpaired) electrons. The van der Waals surface area contributed by atoms with E-state index in [0.29, 0.717) is 16.3 Å². The number of nitrogens with one attached hydrogen (secondary N) is 1. The fraction of sp³-hybridized carbons (Fsp3) is 0. The summed E-state index contributed by atoms with van der Waals surface area (Å²) in [4.78, 5) is 12.3. The van der Waals surface area contributed by atoms with E-state index in [1.54, 1.807) is 36.4 Å². The van der Waals surface area contributed by atoms with Crippen molar-refractivity contribution in [1.29, 1.82) is 0 Å². The molecule has 0 aromatic heterocycles. The van der Waals surface area contributed by atoms with Gasteiger partial charge in [-0.2, -0.15) is 5.10 Å². The zero-order valence-electron chi connectivity index (χ0n) is 12.0. The Hall–Kier alpha value is -2.36. The summed E-state index contributed by atoms with van der Waals surface area (Å²) >= 11 is 11.8. The predicted molar refractivity (Wildman–Crippen MR) is 96.6 cm³/mol. The molecule has 3 nitrogen and oxygen atoms in total. The molecule has 0 atom stereocenters. The molecule has 0 bridgehead atoms. The van der Waals surface area contributed by atoms with Gasteiger partial charge in [0.2, 0.25) is 5.78 Å². The van der Waals surface area contributed by atoms with E-state index in [4.69, 9.17) is 23.2 Å². The molecule has 3 rings (SSSR count). The second kappa shape index (κ2) is 6.82. The standard InChI is InChI=1S/C18H12Cl2N2O/c19-15-7-9-16(10-8-15)21-22-18(20)17(23)14-6-5-12-3-1-2-4-13(12)11-14/h1-11,21H/b22-18-. The molecule has 5 heteroatoms. The first kappa shape index (κ1) is 15.5. The highest BCUT2D eigenvalue weighted by molar-refractivity contribution is 6.85. The van der Waals surface area contributed by atoms with Crippen LogP contribution in [0.25, 0.3) is 10.8 Å². The van der Waals surface area contributed by atoms with E-state index in [1.807, 2.05) is 30.3 Å². The minimum absolute atomic E-state index is 0.129. The quantitative estimate of drug-likeness (QED) is 0.395. The third-order valence-corrected chi connectivity index (χ3v) is 3.83. The number of carbonyl (C=O) groups is 1. The van der Waals surface area contributed by atoms with Crippen LogP contribution in [0.2, 0.25) is 5.02 Å². The third-order valence-electron chi connectivity index (χ3n) is 3.33. The topological polar surface area (TPSA) is 41.5 Å². The highest BCUT2D eigenvalue weighted by Crippen LogP contribution is 2.17. The van der Waals surface area contributed by atoms with E-state index in [-0.39, 0.29) is 11.0 Å². The molecule has 0 aliphatic carbocycles. The van der Waals surface area contributed by atoms with E-state index in [0.717, 1.165) is 10.8 Å². The molecule has 0 spiro atoms. The highest BCUT2D eigenvalue weighted by Gasteiger charge is 2.12. The summed E-state index contributed by atoms with van der Waals surface area (Å²) < 4.78 is 0.